The van der Waals surface area contributed by atoms with Gasteiger partial charge in [-0.2, -0.15) is 0 Å². The second-order valence-electron chi connectivity index (χ2n) is 5.55. The van der Waals surface area contributed by atoms with Crippen molar-refractivity contribution < 1.29 is 12.8 Å². The van der Waals surface area contributed by atoms with E-state index in [-0.39, 0.29) is 25.7 Å². The minimum Gasteiger partial charge on any atom is -0.413 e. The number of nitrogens with one attached hydrogen (secondary N) is 1. The molecule has 0 saturated carbocycles. The van der Waals surface area contributed by atoms with Crippen molar-refractivity contribution in [1.29, 1.82) is 0 Å². The molecule has 0 radical (unpaired) electrons. The number of anilines is 1. The van der Waals surface area contributed by atoms with Gasteiger partial charge in [-0.05, 0) is 18.2 Å². The largest absolute Gasteiger partial charge is 0.413 e. The highest BCUT2D eigenvalue weighted by Gasteiger charge is 2.22. The second-order valence-corrected chi connectivity index (χ2v) is 9.40. The van der Waals surface area contributed by atoms with Gasteiger partial charge in [0.2, 0.25) is 0 Å². The van der Waals surface area contributed by atoms with E-state index < -0.39 is 15.0 Å². The van der Waals surface area contributed by atoms with E-state index in [0.717, 1.165) is 11.3 Å². The second kappa shape index (κ2) is 6.68. The predicted octanol–water partition coefficient (Wildman–Crippen LogP) is 5.77. The van der Waals surface area contributed by atoms with Crippen LogP contribution in [0.4, 0.5) is 5.69 Å². The molecule has 1 aromatic heterocycles. The predicted molar refractivity (Wildman–Crippen MR) is 110 cm³/mol. The lowest BCUT2D eigenvalue weighted by atomic mass is 10.1. The van der Waals surface area contributed by atoms with E-state index in [1.165, 1.54) is 12.1 Å². The van der Waals surface area contributed by atoms with Crippen molar-refractivity contribution in [2.45, 2.75) is 4.90 Å². The van der Waals surface area contributed by atoms with Gasteiger partial charge < -0.3 is 4.42 Å². The van der Waals surface area contributed by atoms with E-state index in [1.54, 1.807) is 30.3 Å². The number of hydrogen-bond donors (Lipinski definition) is 1. The topological polar surface area (TPSA) is 76.4 Å². The summed E-state index contributed by atoms with van der Waals surface area (Å²) in [5.41, 5.74) is 0.702. The summed E-state index contributed by atoms with van der Waals surface area (Å²) in [6.45, 7) is 0. The quantitative estimate of drug-likeness (QED) is 0.394. The number of halogens is 3. The Balaban J connectivity index is 1.92. The van der Waals surface area contributed by atoms with Crippen LogP contribution >= 0.6 is 46.1 Å². The number of rotatable bonds is 3. The Labute approximate surface area is 172 Å². The smallest absolute Gasteiger partial charge is 0.396 e. The van der Waals surface area contributed by atoms with E-state index in [4.69, 9.17) is 39.2 Å². The molecule has 0 amide bonds. The van der Waals surface area contributed by atoms with Crippen LogP contribution in [0.3, 0.4) is 0 Å². The highest BCUT2D eigenvalue weighted by molar-refractivity contribution is 7.92. The van der Waals surface area contributed by atoms with Gasteiger partial charge in [0.05, 0.1) is 25.5 Å². The normalized spacial score (nSPS) is 12.0. The summed E-state index contributed by atoms with van der Waals surface area (Å²) >= 11 is 18.8. The lowest BCUT2D eigenvalue weighted by Gasteiger charge is -2.13. The molecule has 1 N–H and O–H groups in total. The number of fused-ring (bicyclic) bond motifs is 3. The van der Waals surface area contributed by atoms with Crippen LogP contribution in [0.5, 0.6) is 0 Å². The van der Waals surface area contributed by atoms with Crippen LogP contribution in [0.2, 0.25) is 15.1 Å². The summed E-state index contributed by atoms with van der Waals surface area (Å²) < 4.78 is 34.1. The van der Waals surface area contributed by atoms with Gasteiger partial charge in [0.25, 0.3) is 10.0 Å². The summed E-state index contributed by atoms with van der Waals surface area (Å²) in [6.07, 6.45) is 0. The highest BCUT2D eigenvalue weighted by Crippen LogP contribution is 2.36. The summed E-state index contributed by atoms with van der Waals surface area (Å²) in [7, 11) is -4.07. The summed E-state index contributed by atoms with van der Waals surface area (Å²) in [5.74, 6) is 0. The molecule has 5 nitrogen and oxygen atoms in total. The van der Waals surface area contributed by atoms with Gasteiger partial charge in [-0.3, -0.25) is 4.72 Å². The van der Waals surface area contributed by atoms with Crippen LogP contribution in [0.15, 0.2) is 56.6 Å². The van der Waals surface area contributed by atoms with Gasteiger partial charge in [0.15, 0.2) is 5.58 Å². The summed E-state index contributed by atoms with van der Waals surface area (Å²) in [6, 6.07) is 11.0. The first-order valence-electron chi connectivity index (χ1n) is 7.39. The lowest BCUT2D eigenvalue weighted by molar-refractivity contribution is 0.588. The highest BCUT2D eigenvalue weighted by atomic mass is 35.5. The summed E-state index contributed by atoms with van der Waals surface area (Å²) in [4.78, 5) is 11.0. The zero-order valence-corrected chi connectivity index (χ0v) is 17.0. The fraction of sp³-hybridized carbons (Fsp3) is 0. The molecule has 27 heavy (non-hydrogen) atoms. The standard InChI is InChI=1S/C17H8Cl3NO4S2/c18-10-5-12(20)15(6-11(10)19)27(23,24)21-13-7-14-16(25-17(22)26-14)9-4-2-1-3-8(9)13/h1-7,21H. The first-order chi connectivity index (χ1) is 12.8. The van der Waals surface area contributed by atoms with Crippen LogP contribution in [0.1, 0.15) is 0 Å². The van der Waals surface area contributed by atoms with E-state index in [9.17, 15) is 13.2 Å². The molecule has 0 spiro atoms. The maximum Gasteiger partial charge on any atom is 0.396 e. The average Bonchev–Trinajstić information content (AvgIpc) is 2.98. The van der Waals surface area contributed by atoms with E-state index >= 15 is 0 Å². The van der Waals surface area contributed by atoms with E-state index in [2.05, 4.69) is 4.72 Å². The van der Waals surface area contributed by atoms with Crippen molar-refractivity contribution in [3.63, 3.8) is 0 Å². The molecule has 0 unspecified atom stereocenters. The van der Waals surface area contributed by atoms with E-state index in [0.29, 0.717) is 21.1 Å². The maximum absolute atomic E-state index is 12.9. The SMILES string of the molecule is O=c1oc2c(cc(NS(=O)(=O)c3cc(Cl)c(Cl)cc3Cl)c3ccccc32)s1. The van der Waals surface area contributed by atoms with Crippen LogP contribution in [-0.2, 0) is 10.0 Å². The molecule has 0 fully saturated rings. The molecule has 0 saturated heterocycles. The van der Waals surface area contributed by atoms with Crippen molar-refractivity contribution in [2.24, 2.45) is 0 Å². The van der Waals surface area contributed by atoms with Crippen LogP contribution in [0.25, 0.3) is 21.1 Å². The van der Waals surface area contributed by atoms with Crippen molar-refractivity contribution in [1.82, 2.24) is 0 Å². The lowest BCUT2D eigenvalue weighted by Crippen LogP contribution is -2.14. The van der Waals surface area contributed by atoms with Gasteiger partial charge in [-0.15, -0.1) is 0 Å². The minimum atomic E-state index is -4.07. The Morgan fingerprint density at radius 1 is 0.926 bits per heavy atom. The first-order valence-corrected chi connectivity index (χ1v) is 10.8. The fourth-order valence-corrected chi connectivity index (χ4v) is 5.49. The number of benzene rings is 3. The Kier molecular flexibility index (Phi) is 4.60. The van der Waals surface area contributed by atoms with Crippen molar-refractivity contribution in [3.05, 3.63) is 67.3 Å². The third-order valence-corrected chi connectivity index (χ3v) is 7.17. The van der Waals surface area contributed by atoms with Gasteiger partial charge >= 0.3 is 4.94 Å². The Hall–Kier alpha value is -1.77. The molecule has 4 rings (SSSR count). The third-order valence-electron chi connectivity index (χ3n) is 3.85. The van der Waals surface area contributed by atoms with Gasteiger partial charge in [-0.1, -0.05) is 70.4 Å². The monoisotopic (exact) mass is 459 g/mol. The van der Waals surface area contributed by atoms with Crippen LogP contribution in [-0.4, -0.2) is 8.42 Å². The van der Waals surface area contributed by atoms with Crippen LogP contribution < -0.4 is 9.66 Å². The molecule has 0 atom stereocenters. The molecular formula is C17H8Cl3NO4S2. The number of sulfonamides is 1. The first kappa shape index (κ1) is 18.6. The average molecular weight is 461 g/mol. The number of hydrogen-bond acceptors (Lipinski definition) is 5. The van der Waals surface area contributed by atoms with E-state index in [1.807, 2.05) is 0 Å². The van der Waals surface area contributed by atoms with Crippen LogP contribution in [0, 0.1) is 0 Å². The van der Waals surface area contributed by atoms with Gasteiger partial charge in [0, 0.05) is 10.8 Å². The molecule has 138 valence electrons. The molecular weight excluding hydrogens is 453 g/mol. The van der Waals surface area contributed by atoms with Crippen molar-refractivity contribution in [2.75, 3.05) is 4.72 Å². The van der Waals surface area contributed by atoms with Crippen molar-refractivity contribution in [3.8, 4) is 0 Å². The molecule has 1 heterocycles. The molecule has 0 aliphatic heterocycles. The zero-order valence-electron chi connectivity index (χ0n) is 13.1. The maximum atomic E-state index is 12.9. The molecule has 0 bridgehead atoms. The molecule has 0 aliphatic carbocycles. The van der Waals surface area contributed by atoms with Gasteiger partial charge in [-0.25, -0.2) is 13.2 Å². The molecule has 3 aromatic carbocycles. The Morgan fingerprint density at radius 2 is 1.59 bits per heavy atom. The Morgan fingerprint density at radius 3 is 2.33 bits per heavy atom. The fourth-order valence-electron chi connectivity index (χ4n) is 2.69. The van der Waals surface area contributed by atoms with Crippen molar-refractivity contribution >= 4 is 82.9 Å². The zero-order chi connectivity index (χ0) is 19.3. The Bertz CT molecular complexity index is 1380. The summed E-state index contributed by atoms with van der Waals surface area (Å²) in [5, 5.41) is 1.35. The minimum absolute atomic E-state index is 0.0600. The molecule has 4 aromatic rings. The van der Waals surface area contributed by atoms with Gasteiger partial charge in [0.1, 0.15) is 4.90 Å². The third kappa shape index (κ3) is 3.30. The molecule has 0 aliphatic rings. The molecule has 10 heteroatoms.